The summed E-state index contributed by atoms with van der Waals surface area (Å²) in [4.78, 5) is 113. The number of hydrogen-bond donors (Lipinski definition) is 14. The Balaban J connectivity index is 2.96. The van der Waals surface area contributed by atoms with Gasteiger partial charge in [0.05, 0.1) is 25.8 Å². The van der Waals surface area contributed by atoms with Gasteiger partial charge in [-0.1, -0.05) is 12.1 Å². The molecular formula is C36H57N9O14S. The van der Waals surface area contributed by atoms with Crippen LogP contribution in [0, 0.1) is 0 Å². The van der Waals surface area contributed by atoms with E-state index in [0.717, 1.165) is 0 Å². The molecule has 0 saturated heterocycles. The predicted octanol–water partition coefficient (Wildman–Crippen LogP) is -4.88. The van der Waals surface area contributed by atoms with Crippen LogP contribution in [0.3, 0.4) is 0 Å². The van der Waals surface area contributed by atoms with Crippen LogP contribution in [0.4, 0.5) is 0 Å². The molecule has 0 saturated carbocycles. The maximum absolute atomic E-state index is 13.5. The first-order valence-electron chi connectivity index (χ1n) is 18.8. The Morgan fingerprint density at radius 2 is 1.20 bits per heavy atom. The number of aliphatic hydroxyl groups is 2. The number of carbonyl (C=O) groups is 9. The quantitative estimate of drug-likeness (QED) is 0.0336. The largest absolute Gasteiger partial charge is 0.508 e. The normalized spacial score (nSPS) is 14.4. The van der Waals surface area contributed by atoms with E-state index in [-0.39, 0.29) is 25.1 Å². The Hall–Kier alpha value is -5.56. The molecule has 1 aromatic carbocycles. The molecule has 16 N–H and O–H groups in total. The minimum atomic E-state index is -1.68. The van der Waals surface area contributed by atoms with E-state index in [1.165, 1.54) is 43.0 Å². The number of aliphatic hydroxyl groups excluding tert-OH is 2. The maximum Gasteiger partial charge on any atom is 0.326 e. The Labute approximate surface area is 349 Å². The number of unbranched alkanes of at least 4 members (excludes halogenated alkanes) is 1. The van der Waals surface area contributed by atoms with Crippen molar-refractivity contribution < 1.29 is 68.7 Å². The fourth-order valence-electron chi connectivity index (χ4n) is 5.17. The summed E-state index contributed by atoms with van der Waals surface area (Å²) in [7, 11) is 0. The molecule has 1 aromatic rings. The van der Waals surface area contributed by atoms with E-state index < -0.39 is 128 Å². The molecular weight excluding hydrogens is 815 g/mol. The highest BCUT2D eigenvalue weighted by Gasteiger charge is 2.32. The lowest BCUT2D eigenvalue weighted by Crippen LogP contribution is -2.59. The molecule has 7 amide bonds. The highest BCUT2D eigenvalue weighted by Crippen LogP contribution is 2.12. The summed E-state index contributed by atoms with van der Waals surface area (Å²) < 4.78 is 0. The summed E-state index contributed by atoms with van der Waals surface area (Å²) >= 11 is 1.47. The molecule has 0 unspecified atom stereocenters. The SMILES string of the molecule is CSCC[C@H](N)C(=O)N[C@@H](Cc1ccc(O)cc1)C(=O)N[C@@H](CO)C(=O)N[C@@H](CCCCN)C(=O)NCC(=O)N[C@@H](C)C(=O)N[C@@H](CO)C(=O)N[C@@H](CCC(=O)O)C(=O)O. The molecule has 336 valence electrons. The van der Waals surface area contributed by atoms with Crippen molar-refractivity contribution in [2.45, 2.75) is 94.2 Å². The number of nitrogens with one attached hydrogen (secondary N) is 7. The number of phenolic OH excluding ortho intramolecular Hbond substituents is 1. The number of thioether (sulfide) groups is 1. The average molecular weight is 872 g/mol. The van der Waals surface area contributed by atoms with Crippen LogP contribution in [0.5, 0.6) is 5.75 Å². The van der Waals surface area contributed by atoms with Crippen LogP contribution in [-0.2, 0) is 49.6 Å². The third-order valence-electron chi connectivity index (χ3n) is 8.65. The van der Waals surface area contributed by atoms with Gasteiger partial charge in [0.2, 0.25) is 41.4 Å². The van der Waals surface area contributed by atoms with Gasteiger partial charge in [-0.25, -0.2) is 4.79 Å². The van der Waals surface area contributed by atoms with Crippen molar-refractivity contribution in [3.63, 3.8) is 0 Å². The second-order valence-corrected chi connectivity index (χ2v) is 14.5. The van der Waals surface area contributed by atoms with Crippen molar-refractivity contribution >= 4 is 65.1 Å². The van der Waals surface area contributed by atoms with E-state index in [9.17, 15) is 63.6 Å². The van der Waals surface area contributed by atoms with Crippen molar-refractivity contribution in [2.24, 2.45) is 11.5 Å². The summed E-state index contributed by atoms with van der Waals surface area (Å²) in [5.41, 5.74) is 12.1. The molecule has 23 nitrogen and oxygen atoms in total. The van der Waals surface area contributed by atoms with Crippen LogP contribution in [0.15, 0.2) is 24.3 Å². The number of aromatic hydroxyl groups is 1. The number of aliphatic carboxylic acids is 2. The molecule has 24 heteroatoms. The molecule has 1 rings (SSSR count). The number of carboxylic acids is 2. The predicted molar refractivity (Wildman–Crippen MR) is 215 cm³/mol. The van der Waals surface area contributed by atoms with Gasteiger partial charge in [-0.05, 0) is 75.3 Å². The molecule has 0 fully saturated rings. The van der Waals surface area contributed by atoms with Crippen LogP contribution in [0.2, 0.25) is 0 Å². The highest BCUT2D eigenvalue weighted by atomic mass is 32.2. The molecule has 7 atom stereocenters. The number of carbonyl (C=O) groups excluding carboxylic acids is 7. The van der Waals surface area contributed by atoms with Gasteiger partial charge in [0.25, 0.3) is 0 Å². The van der Waals surface area contributed by atoms with Gasteiger partial charge >= 0.3 is 11.9 Å². The van der Waals surface area contributed by atoms with E-state index in [4.69, 9.17) is 16.6 Å². The van der Waals surface area contributed by atoms with E-state index in [0.29, 0.717) is 30.6 Å². The molecule has 0 spiro atoms. The Kier molecular flexibility index (Phi) is 24.5. The first-order chi connectivity index (χ1) is 28.4. The number of hydrogen-bond acceptors (Lipinski definition) is 15. The minimum Gasteiger partial charge on any atom is -0.508 e. The van der Waals surface area contributed by atoms with Gasteiger partial charge in [0.15, 0.2) is 0 Å². The zero-order chi connectivity index (χ0) is 45.4. The van der Waals surface area contributed by atoms with Crippen LogP contribution < -0.4 is 48.7 Å². The van der Waals surface area contributed by atoms with E-state index >= 15 is 0 Å². The number of amides is 7. The van der Waals surface area contributed by atoms with Gasteiger partial charge in [0, 0.05) is 12.8 Å². The number of nitrogens with two attached hydrogens (primary N) is 2. The second kappa shape index (κ2) is 28.0. The van der Waals surface area contributed by atoms with Crippen molar-refractivity contribution in [2.75, 3.05) is 38.3 Å². The van der Waals surface area contributed by atoms with Crippen LogP contribution in [0.25, 0.3) is 0 Å². The minimum absolute atomic E-state index is 0.0123. The molecule has 0 aliphatic heterocycles. The zero-order valence-corrected chi connectivity index (χ0v) is 34.1. The lowest BCUT2D eigenvalue weighted by Gasteiger charge is -2.25. The fraction of sp³-hybridized carbons (Fsp3) is 0.583. The zero-order valence-electron chi connectivity index (χ0n) is 33.3. The van der Waals surface area contributed by atoms with Crippen molar-refractivity contribution in [3.05, 3.63) is 29.8 Å². The molecule has 0 aliphatic rings. The van der Waals surface area contributed by atoms with Gasteiger partial charge < -0.3 is 74.2 Å². The summed E-state index contributed by atoms with van der Waals surface area (Å²) in [6.45, 7) is -1.17. The molecule has 0 aliphatic carbocycles. The summed E-state index contributed by atoms with van der Waals surface area (Å²) in [6, 6.07) is -4.00. The first kappa shape index (κ1) is 52.5. The third-order valence-corrected chi connectivity index (χ3v) is 9.29. The number of phenols is 1. The van der Waals surface area contributed by atoms with Crippen molar-refractivity contribution in [3.8, 4) is 5.75 Å². The molecule has 0 aromatic heterocycles. The number of rotatable bonds is 29. The lowest BCUT2D eigenvalue weighted by atomic mass is 10.0. The molecule has 0 heterocycles. The van der Waals surface area contributed by atoms with Gasteiger partial charge in [0.1, 0.15) is 42.0 Å². The number of benzene rings is 1. The smallest absolute Gasteiger partial charge is 0.326 e. The van der Waals surface area contributed by atoms with Crippen molar-refractivity contribution in [1.82, 2.24) is 37.2 Å². The van der Waals surface area contributed by atoms with Gasteiger partial charge in [-0.15, -0.1) is 0 Å². The molecule has 0 radical (unpaired) electrons. The number of carboxylic acid groups (broad SMARTS) is 2. The van der Waals surface area contributed by atoms with Crippen LogP contribution >= 0.6 is 11.8 Å². The molecule has 0 bridgehead atoms. The van der Waals surface area contributed by atoms with Gasteiger partial charge in [-0.3, -0.25) is 38.4 Å². The highest BCUT2D eigenvalue weighted by molar-refractivity contribution is 7.98. The second-order valence-electron chi connectivity index (χ2n) is 13.5. The Bertz CT molecular complexity index is 1620. The summed E-state index contributed by atoms with van der Waals surface area (Å²) in [5, 5.41) is 63.5. The summed E-state index contributed by atoms with van der Waals surface area (Å²) in [5.74, 6) is -8.71. The third kappa shape index (κ3) is 19.9. The van der Waals surface area contributed by atoms with Crippen molar-refractivity contribution in [1.29, 1.82) is 0 Å². The topological polar surface area (TPSA) is 391 Å². The van der Waals surface area contributed by atoms with Crippen LogP contribution in [-0.4, -0.2) is 159 Å². The summed E-state index contributed by atoms with van der Waals surface area (Å²) in [6.07, 6.45) is 1.79. The maximum atomic E-state index is 13.5. The van der Waals surface area contributed by atoms with E-state index in [1.54, 1.807) is 0 Å². The Morgan fingerprint density at radius 1 is 0.667 bits per heavy atom. The Morgan fingerprint density at radius 3 is 1.73 bits per heavy atom. The van der Waals surface area contributed by atoms with E-state index in [1.807, 2.05) is 11.6 Å². The monoisotopic (exact) mass is 871 g/mol. The van der Waals surface area contributed by atoms with Crippen LogP contribution in [0.1, 0.15) is 51.0 Å². The van der Waals surface area contributed by atoms with E-state index in [2.05, 4.69) is 31.9 Å². The molecule has 60 heavy (non-hydrogen) atoms. The average Bonchev–Trinajstić information content (AvgIpc) is 3.20. The first-order valence-corrected chi connectivity index (χ1v) is 20.2. The standard InChI is InChI=1S/C36H57N9O14S/c1-19(30(52)44-26(17-46)35(57)42-24(36(58)59)10-11-29(50)51)40-28(49)16-39-32(54)23(5-3-4-13-37)41-34(56)27(18-47)45-33(55)25(15-20-6-8-21(48)9-7-20)43-31(53)22(38)12-14-60-2/h6-9,19,22-27,46-48H,3-5,10-18,37-38H2,1-2H3,(H,39,54)(H,40,49)(H,41,56)(H,42,57)(H,43,53)(H,44,52)(H,45,55)(H,50,51)(H,58,59)/t19-,22-,23-,24-,25-,26-,27-/m0/s1. The van der Waals surface area contributed by atoms with Gasteiger partial charge in [-0.2, -0.15) is 11.8 Å². The lowest BCUT2D eigenvalue weighted by molar-refractivity contribution is -0.143. The fourth-order valence-corrected chi connectivity index (χ4v) is 5.66.